The van der Waals surface area contributed by atoms with Gasteiger partial charge in [-0.2, -0.15) is 4.31 Å². The number of ether oxygens (including phenoxy) is 1. The van der Waals surface area contributed by atoms with Gasteiger partial charge in [0.05, 0.1) is 11.5 Å². The Morgan fingerprint density at radius 2 is 2.06 bits per heavy atom. The van der Waals surface area contributed by atoms with Crippen LogP contribution < -0.4 is 0 Å². The fourth-order valence-corrected chi connectivity index (χ4v) is 3.01. The van der Waals surface area contributed by atoms with E-state index in [1.165, 1.54) is 36.7 Å². The van der Waals surface area contributed by atoms with Crippen LogP contribution in [-0.4, -0.2) is 40.0 Å². The highest BCUT2D eigenvalue weighted by Crippen LogP contribution is 2.23. The van der Waals surface area contributed by atoms with Crippen LogP contribution >= 0.6 is 23.2 Å². The Morgan fingerprint density at radius 1 is 1.39 bits per heavy atom. The lowest BCUT2D eigenvalue weighted by atomic mass is 10.2. The molecular weight excluding hydrogens is 297 g/mol. The molecule has 7 heteroatoms. The van der Waals surface area contributed by atoms with Crippen LogP contribution in [0.25, 0.3) is 0 Å². The summed E-state index contributed by atoms with van der Waals surface area (Å²) in [6.07, 6.45) is 0. The summed E-state index contributed by atoms with van der Waals surface area (Å²) in [6.45, 7) is 0.628. The monoisotopic (exact) mass is 311 g/mol. The van der Waals surface area contributed by atoms with Gasteiger partial charge in [-0.1, -0.05) is 11.6 Å². The van der Waals surface area contributed by atoms with Crippen molar-refractivity contribution < 1.29 is 13.2 Å². The highest BCUT2D eigenvalue weighted by molar-refractivity contribution is 7.89. The molecule has 0 aliphatic carbocycles. The van der Waals surface area contributed by atoms with Crippen molar-refractivity contribution in [3.63, 3.8) is 0 Å². The number of hydrogen-bond donors (Lipinski definition) is 0. The molecule has 0 aliphatic rings. The summed E-state index contributed by atoms with van der Waals surface area (Å²) in [5, 5.41) is 0.462. The molecule has 18 heavy (non-hydrogen) atoms. The molecule has 4 nitrogen and oxygen atoms in total. The molecule has 0 saturated carbocycles. The van der Waals surface area contributed by atoms with Crippen molar-refractivity contribution in [3.8, 4) is 0 Å². The summed E-state index contributed by atoms with van der Waals surface area (Å²) >= 11 is 11.6. The lowest BCUT2D eigenvalue weighted by molar-refractivity contribution is 0.185. The molecule has 0 N–H and O–H groups in total. The summed E-state index contributed by atoms with van der Waals surface area (Å²) in [4.78, 5) is 0.182. The molecular formula is C11H15Cl2NO3S. The Balaban J connectivity index is 3.05. The summed E-state index contributed by atoms with van der Waals surface area (Å²) in [5.74, 6) is 0.171. The third-order valence-corrected chi connectivity index (χ3v) is 4.99. The second kappa shape index (κ2) is 6.73. The van der Waals surface area contributed by atoms with Gasteiger partial charge in [0.15, 0.2) is 0 Å². The van der Waals surface area contributed by atoms with Crippen LogP contribution in [0.3, 0.4) is 0 Å². The molecule has 102 valence electrons. The Labute approximate surface area is 117 Å². The third kappa shape index (κ3) is 3.59. The van der Waals surface area contributed by atoms with Gasteiger partial charge in [-0.25, -0.2) is 8.42 Å². The number of nitrogens with zero attached hydrogens (tertiary/aromatic N) is 1. The highest BCUT2D eigenvalue weighted by Gasteiger charge is 2.21. The van der Waals surface area contributed by atoms with E-state index in [1.54, 1.807) is 0 Å². The van der Waals surface area contributed by atoms with Crippen molar-refractivity contribution in [1.82, 2.24) is 4.31 Å². The summed E-state index contributed by atoms with van der Waals surface area (Å²) in [6, 6.07) is 4.50. The van der Waals surface area contributed by atoms with Gasteiger partial charge < -0.3 is 4.74 Å². The van der Waals surface area contributed by atoms with E-state index in [1.807, 2.05) is 0 Å². The number of likely N-dealkylation sites (N-methyl/N-ethyl adjacent to an activating group) is 1. The van der Waals surface area contributed by atoms with Crippen molar-refractivity contribution in [2.75, 3.05) is 27.3 Å². The molecule has 0 atom stereocenters. The van der Waals surface area contributed by atoms with Crippen LogP contribution in [0.2, 0.25) is 5.02 Å². The number of methoxy groups -OCH3 is 1. The van der Waals surface area contributed by atoms with Crippen molar-refractivity contribution in [1.29, 1.82) is 0 Å². The predicted octanol–water partition coefficient (Wildman–Crippen LogP) is 2.35. The quantitative estimate of drug-likeness (QED) is 0.758. The van der Waals surface area contributed by atoms with E-state index >= 15 is 0 Å². The SMILES string of the molecule is COCCN(C)S(=O)(=O)c1ccc(Cl)c(CCl)c1. The standard InChI is InChI=1S/C11H15Cl2NO3S/c1-14(5-6-17-2)18(15,16)10-3-4-11(13)9(7-10)8-12/h3-4,7H,5-6,8H2,1-2H3. The van der Waals surface area contributed by atoms with E-state index < -0.39 is 10.0 Å². The number of sulfonamides is 1. The Kier molecular flexibility index (Phi) is 5.88. The molecule has 0 aromatic heterocycles. The molecule has 0 heterocycles. The molecule has 0 aliphatic heterocycles. The second-order valence-corrected chi connectivity index (χ2v) is 6.43. The maximum absolute atomic E-state index is 12.2. The minimum Gasteiger partial charge on any atom is -0.383 e. The van der Waals surface area contributed by atoms with Crippen LogP contribution in [0.15, 0.2) is 23.1 Å². The molecule has 0 saturated heterocycles. The summed E-state index contributed by atoms with van der Waals surface area (Å²) < 4.78 is 30.5. The molecule has 0 fully saturated rings. The smallest absolute Gasteiger partial charge is 0.242 e. The molecule has 1 aromatic carbocycles. The van der Waals surface area contributed by atoms with E-state index in [2.05, 4.69) is 0 Å². The van der Waals surface area contributed by atoms with E-state index in [4.69, 9.17) is 27.9 Å². The minimum absolute atomic E-state index is 0.171. The Bertz CT molecular complexity index is 505. The van der Waals surface area contributed by atoms with E-state index in [0.717, 1.165) is 0 Å². The van der Waals surface area contributed by atoms with Gasteiger partial charge in [-0.15, -0.1) is 11.6 Å². The van der Waals surface area contributed by atoms with Crippen LogP contribution in [-0.2, 0) is 20.6 Å². The molecule has 0 unspecified atom stereocenters. The van der Waals surface area contributed by atoms with Crippen LogP contribution in [0, 0.1) is 0 Å². The number of halogens is 2. The molecule has 1 rings (SSSR count). The number of benzene rings is 1. The number of rotatable bonds is 6. The van der Waals surface area contributed by atoms with Gasteiger partial charge >= 0.3 is 0 Å². The van der Waals surface area contributed by atoms with Crippen molar-refractivity contribution >= 4 is 33.2 Å². The topological polar surface area (TPSA) is 46.6 Å². The van der Waals surface area contributed by atoms with Gasteiger partial charge in [0.25, 0.3) is 0 Å². The molecule has 1 aromatic rings. The molecule has 0 bridgehead atoms. The zero-order valence-electron chi connectivity index (χ0n) is 10.2. The van der Waals surface area contributed by atoms with Crippen molar-refractivity contribution in [3.05, 3.63) is 28.8 Å². The largest absolute Gasteiger partial charge is 0.383 e. The number of hydrogen-bond acceptors (Lipinski definition) is 3. The molecule has 0 radical (unpaired) electrons. The average Bonchev–Trinajstić information content (AvgIpc) is 2.36. The first-order valence-corrected chi connectivity index (χ1v) is 7.58. The molecule has 0 amide bonds. The van der Waals surface area contributed by atoms with Gasteiger partial charge in [0.2, 0.25) is 10.0 Å². The lowest BCUT2D eigenvalue weighted by Gasteiger charge is -2.17. The predicted molar refractivity (Wildman–Crippen MR) is 72.7 cm³/mol. The van der Waals surface area contributed by atoms with E-state index in [-0.39, 0.29) is 17.3 Å². The summed E-state index contributed by atoms with van der Waals surface area (Å²) in [5.41, 5.74) is 0.597. The first-order valence-electron chi connectivity index (χ1n) is 5.23. The first-order chi connectivity index (χ1) is 8.43. The van der Waals surface area contributed by atoms with Crippen LogP contribution in [0.4, 0.5) is 0 Å². The Hall–Kier alpha value is -0.330. The third-order valence-electron chi connectivity index (χ3n) is 2.48. The van der Waals surface area contributed by atoms with Gasteiger partial charge in [0.1, 0.15) is 0 Å². The van der Waals surface area contributed by atoms with Crippen molar-refractivity contribution in [2.24, 2.45) is 0 Å². The Morgan fingerprint density at radius 3 is 2.61 bits per heavy atom. The maximum atomic E-state index is 12.2. The second-order valence-electron chi connectivity index (χ2n) is 3.71. The molecule has 0 spiro atoms. The van der Waals surface area contributed by atoms with Crippen LogP contribution in [0.1, 0.15) is 5.56 Å². The van der Waals surface area contributed by atoms with E-state index in [0.29, 0.717) is 17.2 Å². The zero-order valence-corrected chi connectivity index (χ0v) is 12.5. The minimum atomic E-state index is -3.52. The lowest BCUT2D eigenvalue weighted by Crippen LogP contribution is -2.30. The number of alkyl halides is 1. The fraction of sp³-hybridized carbons (Fsp3) is 0.455. The first kappa shape index (κ1) is 15.7. The van der Waals surface area contributed by atoms with Gasteiger partial charge in [-0.05, 0) is 23.8 Å². The average molecular weight is 312 g/mol. The summed E-state index contributed by atoms with van der Waals surface area (Å²) in [7, 11) is -0.499. The fourth-order valence-electron chi connectivity index (χ4n) is 1.33. The maximum Gasteiger partial charge on any atom is 0.242 e. The highest BCUT2D eigenvalue weighted by atomic mass is 35.5. The van der Waals surface area contributed by atoms with Crippen LogP contribution in [0.5, 0.6) is 0 Å². The van der Waals surface area contributed by atoms with Gasteiger partial charge in [0, 0.05) is 31.6 Å². The zero-order chi connectivity index (χ0) is 13.8. The van der Waals surface area contributed by atoms with Crippen molar-refractivity contribution in [2.45, 2.75) is 10.8 Å². The van der Waals surface area contributed by atoms with E-state index in [9.17, 15) is 8.42 Å². The van der Waals surface area contributed by atoms with Gasteiger partial charge in [-0.3, -0.25) is 0 Å². The normalized spacial score (nSPS) is 12.1.